The molecule has 0 unspecified atom stereocenters. The van der Waals surface area contributed by atoms with Gasteiger partial charge in [0.25, 0.3) is 0 Å². The molecule has 2 nitrogen and oxygen atoms in total. The van der Waals surface area contributed by atoms with Gasteiger partial charge in [0.15, 0.2) is 11.5 Å². The molecule has 0 radical (unpaired) electrons. The predicted octanol–water partition coefficient (Wildman–Crippen LogP) is 6.58. The van der Waals surface area contributed by atoms with Crippen LogP contribution in [-0.4, -0.2) is 7.11 Å². The van der Waals surface area contributed by atoms with Crippen LogP contribution in [0.25, 0.3) is 11.6 Å². The topological polar surface area (TPSA) is 18.5 Å². The molecule has 0 fully saturated rings. The molecular weight excluding hydrogens is 320 g/mol. The lowest BCUT2D eigenvalue weighted by Crippen LogP contribution is -1.92. The fraction of sp³-hybridized carbons (Fsp3) is 0.0833. The van der Waals surface area contributed by atoms with Crippen LogP contribution < -0.4 is 9.47 Å². The van der Waals surface area contributed by atoms with E-state index in [4.69, 9.17) is 9.47 Å². The maximum atomic E-state index is 6.00. The Morgan fingerprint density at radius 1 is 0.846 bits per heavy atom. The van der Waals surface area contributed by atoms with Crippen molar-refractivity contribution in [1.82, 2.24) is 0 Å². The zero-order valence-corrected chi connectivity index (χ0v) is 15.1. The molecule has 0 N–H and O–H groups in total. The van der Waals surface area contributed by atoms with Gasteiger partial charge in [-0.25, -0.2) is 0 Å². The molecule has 0 amide bonds. The third kappa shape index (κ3) is 4.04. The number of methoxy groups -OCH3 is 1. The fourth-order valence-corrected chi connectivity index (χ4v) is 2.72. The van der Waals surface area contributed by atoms with Crippen molar-refractivity contribution in [3.05, 3.63) is 102 Å². The average Bonchev–Trinajstić information content (AvgIpc) is 2.70. The molecule has 0 aliphatic rings. The van der Waals surface area contributed by atoms with E-state index in [0.29, 0.717) is 11.5 Å². The van der Waals surface area contributed by atoms with Crippen LogP contribution in [0.4, 0.5) is 0 Å². The second-order valence-electron chi connectivity index (χ2n) is 5.88. The Morgan fingerprint density at radius 2 is 1.54 bits per heavy atom. The molecule has 0 bridgehead atoms. The Kier molecular flexibility index (Phi) is 5.55. The monoisotopic (exact) mass is 342 g/mol. The first-order valence-electron chi connectivity index (χ1n) is 8.54. The van der Waals surface area contributed by atoms with E-state index in [1.165, 1.54) is 0 Å². The first kappa shape index (κ1) is 17.6. The van der Waals surface area contributed by atoms with E-state index in [2.05, 4.69) is 18.7 Å². The molecule has 130 valence electrons. The van der Waals surface area contributed by atoms with Crippen LogP contribution in [0.2, 0.25) is 0 Å². The molecule has 0 aliphatic carbocycles. The molecule has 0 atom stereocenters. The van der Waals surface area contributed by atoms with Crippen molar-refractivity contribution in [2.24, 2.45) is 0 Å². The second-order valence-corrected chi connectivity index (χ2v) is 5.88. The maximum Gasteiger partial charge on any atom is 0.169 e. The van der Waals surface area contributed by atoms with Gasteiger partial charge in [-0.15, -0.1) is 0 Å². The number of allylic oxidation sites excluding steroid dienone is 1. The number of hydrogen-bond acceptors (Lipinski definition) is 2. The Morgan fingerprint density at radius 3 is 2.19 bits per heavy atom. The number of hydrogen-bond donors (Lipinski definition) is 0. The highest BCUT2D eigenvalue weighted by Gasteiger charge is 2.07. The summed E-state index contributed by atoms with van der Waals surface area (Å²) in [6, 6.07) is 24.0. The summed E-state index contributed by atoms with van der Waals surface area (Å²) in [5.41, 5.74) is 4.25. The normalized spacial score (nSPS) is 10.7. The molecule has 0 heterocycles. The van der Waals surface area contributed by atoms with E-state index in [9.17, 15) is 0 Å². The van der Waals surface area contributed by atoms with Gasteiger partial charge in [0.05, 0.1) is 7.11 Å². The summed E-state index contributed by atoms with van der Waals surface area (Å²) in [7, 11) is 1.65. The molecule has 3 aromatic rings. The molecule has 3 rings (SSSR count). The minimum Gasteiger partial charge on any atom is -0.493 e. The van der Waals surface area contributed by atoms with E-state index in [1.54, 1.807) is 7.11 Å². The molecule has 0 aliphatic heterocycles. The van der Waals surface area contributed by atoms with Gasteiger partial charge in [0, 0.05) is 0 Å². The van der Waals surface area contributed by atoms with E-state index >= 15 is 0 Å². The van der Waals surface area contributed by atoms with Crippen molar-refractivity contribution in [2.45, 2.75) is 6.92 Å². The summed E-state index contributed by atoms with van der Waals surface area (Å²) >= 11 is 0. The van der Waals surface area contributed by atoms with E-state index in [0.717, 1.165) is 28.0 Å². The van der Waals surface area contributed by atoms with Crippen molar-refractivity contribution in [1.29, 1.82) is 0 Å². The van der Waals surface area contributed by atoms with Crippen LogP contribution in [0.15, 0.2) is 85.5 Å². The molecule has 3 aromatic carbocycles. The summed E-state index contributed by atoms with van der Waals surface area (Å²) in [6.45, 7) is 6.18. The highest BCUT2D eigenvalue weighted by Crippen LogP contribution is 2.33. The van der Waals surface area contributed by atoms with Gasteiger partial charge in [-0.2, -0.15) is 0 Å². The average molecular weight is 342 g/mol. The largest absolute Gasteiger partial charge is 0.493 e. The highest BCUT2D eigenvalue weighted by atomic mass is 16.5. The van der Waals surface area contributed by atoms with Crippen molar-refractivity contribution < 1.29 is 9.47 Å². The van der Waals surface area contributed by atoms with Crippen molar-refractivity contribution in [3.63, 3.8) is 0 Å². The number of benzene rings is 3. The Balaban J connectivity index is 1.78. The predicted molar refractivity (Wildman–Crippen MR) is 109 cm³/mol. The molecule has 2 heteroatoms. The molecule has 0 saturated carbocycles. The molecule has 0 aromatic heterocycles. The highest BCUT2D eigenvalue weighted by molar-refractivity contribution is 5.78. The van der Waals surface area contributed by atoms with Gasteiger partial charge in [0.2, 0.25) is 0 Å². The number of ether oxygens (including phenoxy) is 2. The molecular formula is C24H22O2. The smallest absolute Gasteiger partial charge is 0.169 e. The summed E-state index contributed by atoms with van der Waals surface area (Å²) < 4.78 is 11.4. The van der Waals surface area contributed by atoms with Gasteiger partial charge in [-0.05, 0) is 53.5 Å². The lowest BCUT2D eigenvalue weighted by atomic mass is 10.00. The minimum atomic E-state index is 0.690. The first-order chi connectivity index (χ1) is 12.7. The van der Waals surface area contributed by atoms with Gasteiger partial charge >= 0.3 is 0 Å². The van der Waals surface area contributed by atoms with E-state index in [-0.39, 0.29) is 0 Å². The van der Waals surface area contributed by atoms with Crippen LogP contribution in [-0.2, 0) is 0 Å². The van der Waals surface area contributed by atoms with Gasteiger partial charge in [-0.3, -0.25) is 0 Å². The Bertz CT molecular complexity index is 907. The zero-order chi connectivity index (χ0) is 18.4. The second kappa shape index (κ2) is 8.21. The molecule has 0 saturated heterocycles. The Hall–Kier alpha value is -3.26. The van der Waals surface area contributed by atoms with Crippen molar-refractivity contribution in [3.8, 4) is 17.2 Å². The van der Waals surface area contributed by atoms with Crippen LogP contribution >= 0.6 is 0 Å². The van der Waals surface area contributed by atoms with Crippen LogP contribution in [0.1, 0.15) is 23.6 Å². The Labute approximate surface area is 155 Å². The van der Waals surface area contributed by atoms with Gasteiger partial charge < -0.3 is 9.47 Å². The fourth-order valence-electron chi connectivity index (χ4n) is 2.72. The number of rotatable bonds is 6. The quantitative estimate of drug-likeness (QED) is 0.503. The standard InChI is InChI=1S/C24H22O2/c1-4-8-19-11-16-23(24(17-19)25-3)26-22-14-12-21(13-15-22)18(2)20-9-6-5-7-10-20/h4-17H,2H2,1,3H3. The lowest BCUT2D eigenvalue weighted by Gasteiger charge is -2.12. The summed E-state index contributed by atoms with van der Waals surface area (Å²) in [5.74, 6) is 2.15. The third-order valence-corrected chi connectivity index (χ3v) is 4.10. The van der Waals surface area contributed by atoms with Crippen molar-refractivity contribution >= 4 is 11.6 Å². The summed E-state index contributed by atoms with van der Waals surface area (Å²) in [4.78, 5) is 0. The van der Waals surface area contributed by atoms with Crippen LogP contribution in [0, 0.1) is 0 Å². The summed E-state index contributed by atoms with van der Waals surface area (Å²) in [5, 5.41) is 0. The third-order valence-electron chi connectivity index (χ3n) is 4.10. The molecule has 26 heavy (non-hydrogen) atoms. The van der Waals surface area contributed by atoms with E-state index in [1.807, 2.05) is 79.7 Å². The van der Waals surface area contributed by atoms with Gasteiger partial charge in [0.1, 0.15) is 5.75 Å². The first-order valence-corrected chi connectivity index (χ1v) is 8.54. The zero-order valence-electron chi connectivity index (χ0n) is 15.1. The van der Waals surface area contributed by atoms with Gasteiger partial charge in [-0.1, -0.05) is 67.3 Å². The van der Waals surface area contributed by atoms with Crippen LogP contribution in [0.5, 0.6) is 17.2 Å². The SMILES string of the molecule is C=C(c1ccccc1)c1ccc(Oc2ccc(C=CC)cc2OC)cc1. The summed E-state index contributed by atoms with van der Waals surface area (Å²) in [6.07, 6.45) is 4.02. The van der Waals surface area contributed by atoms with E-state index < -0.39 is 0 Å². The van der Waals surface area contributed by atoms with Crippen LogP contribution in [0.3, 0.4) is 0 Å². The molecule has 0 spiro atoms. The lowest BCUT2D eigenvalue weighted by molar-refractivity contribution is 0.379. The maximum absolute atomic E-state index is 6.00. The van der Waals surface area contributed by atoms with Crippen molar-refractivity contribution in [2.75, 3.05) is 7.11 Å². The minimum absolute atomic E-state index is 0.690.